The predicted octanol–water partition coefficient (Wildman–Crippen LogP) is 2.38. The highest BCUT2D eigenvalue weighted by Gasteiger charge is 2.16. The van der Waals surface area contributed by atoms with E-state index in [-0.39, 0.29) is 0 Å². The summed E-state index contributed by atoms with van der Waals surface area (Å²) in [4.78, 5) is 17.8. The van der Waals surface area contributed by atoms with Crippen LogP contribution < -0.4 is 15.1 Å². The molecule has 0 aliphatic carbocycles. The van der Waals surface area contributed by atoms with Gasteiger partial charge in [-0.15, -0.1) is 0 Å². The van der Waals surface area contributed by atoms with Gasteiger partial charge in [0.25, 0.3) is 0 Å². The third kappa shape index (κ3) is 3.95. The summed E-state index contributed by atoms with van der Waals surface area (Å²) in [6.07, 6.45) is 2.27. The molecule has 1 atom stereocenters. The van der Waals surface area contributed by atoms with Crippen molar-refractivity contribution in [2.45, 2.75) is 46.6 Å². The Kier molecular flexibility index (Phi) is 6.48. The van der Waals surface area contributed by atoms with Crippen molar-refractivity contribution in [3.8, 4) is 0 Å². The van der Waals surface area contributed by atoms with Crippen molar-refractivity contribution in [1.82, 2.24) is 15.0 Å². The summed E-state index contributed by atoms with van der Waals surface area (Å²) in [6, 6.07) is 0.414. The summed E-state index contributed by atoms with van der Waals surface area (Å²) in [7, 11) is 3.88. The number of anilines is 3. The first kappa shape index (κ1) is 16.5. The van der Waals surface area contributed by atoms with Crippen molar-refractivity contribution in [2.24, 2.45) is 0 Å². The van der Waals surface area contributed by atoms with Gasteiger partial charge in [-0.05, 0) is 27.2 Å². The van der Waals surface area contributed by atoms with Gasteiger partial charge in [-0.3, -0.25) is 0 Å². The maximum absolute atomic E-state index is 4.62. The highest BCUT2D eigenvalue weighted by Crippen LogP contribution is 2.18. The second kappa shape index (κ2) is 7.87. The van der Waals surface area contributed by atoms with Gasteiger partial charge in [0.15, 0.2) is 0 Å². The maximum Gasteiger partial charge on any atom is 0.231 e. The lowest BCUT2D eigenvalue weighted by molar-refractivity contribution is 0.603. The Bertz CT molecular complexity index is 405. The van der Waals surface area contributed by atoms with Crippen LogP contribution in [0.5, 0.6) is 0 Å². The molecule has 1 heterocycles. The van der Waals surface area contributed by atoms with E-state index < -0.39 is 0 Å². The van der Waals surface area contributed by atoms with Crippen LogP contribution in [0.15, 0.2) is 0 Å². The lowest BCUT2D eigenvalue weighted by atomic mass is 10.2. The fourth-order valence-corrected chi connectivity index (χ4v) is 2.08. The SMILES string of the molecule is CCCC(C)N(C)c1nc(NC)nc(N(CC)CC)n1. The molecule has 1 aromatic rings. The van der Waals surface area contributed by atoms with Crippen LogP contribution >= 0.6 is 0 Å². The Morgan fingerprint density at radius 1 is 1.05 bits per heavy atom. The van der Waals surface area contributed by atoms with Crippen LogP contribution in [-0.4, -0.2) is 48.2 Å². The molecule has 0 amide bonds. The van der Waals surface area contributed by atoms with E-state index in [0.717, 1.165) is 37.8 Å². The number of hydrogen-bond donors (Lipinski definition) is 1. The first-order valence-electron chi connectivity index (χ1n) is 7.48. The van der Waals surface area contributed by atoms with Gasteiger partial charge in [0.1, 0.15) is 0 Å². The lowest BCUT2D eigenvalue weighted by Gasteiger charge is -2.26. The van der Waals surface area contributed by atoms with Gasteiger partial charge in [0.05, 0.1) is 0 Å². The number of nitrogens with zero attached hydrogens (tertiary/aromatic N) is 5. The molecule has 6 heteroatoms. The number of rotatable bonds is 8. The summed E-state index contributed by atoms with van der Waals surface area (Å²) >= 11 is 0. The van der Waals surface area contributed by atoms with Crippen LogP contribution in [-0.2, 0) is 0 Å². The van der Waals surface area contributed by atoms with E-state index in [1.165, 1.54) is 0 Å². The fourth-order valence-electron chi connectivity index (χ4n) is 2.08. The molecule has 1 N–H and O–H groups in total. The molecule has 0 saturated heterocycles. The van der Waals surface area contributed by atoms with Crippen molar-refractivity contribution >= 4 is 17.8 Å². The minimum atomic E-state index is 0.414. The molecule has 0 spiro atoms. The van der Waals surface area contributed by atoms with E-state index in [9.17, 15) is 0 Å². The first-order chi connectivity index (χ1) is 9.57. The zero-order valence-electron chi connectivity index (χ0n) is 13.6. The van der Waals surface area contributed by atoms with Gasteiger partial charge in [-0.1, -0.05) is 13.3 Å². The van der Waals surface area contributed by atoms with E-state index >= 15 is 0 Å². The largest absolute Gasteiger partial charge is 0.357 e. The molecule has 0 aromatic carbocycles. The van der Waals surface area contributed by atoms with E-state index in [0.29, 0.717) is 12.0 Å². The molecule has 0 radical (unpaired) electrons. The van der Waals surface area contributed by atoms with Crippen LogP contribution in [0.1, 0.15) is 40.5 Å². The Morgan fingerprint density at radius 3 is 2.15 bits per heavy atom. The lowest BCUT2D eigenvalue weighted by Crippen LogP contribution is -2.32. The number of hydrogen-bond acceptors (Lipinski definition) is 6. The predicted molar refractivity (Wildman–Crippen MR) is 85.7 cm³/mol. The summed E-state index contributed by atoms with van der Waals surface area (Å²) in [5.41, 5.74) is 0. The zero-order chi connectivity index (χ0) is 15.1. The molecule has 0 bridgehead atoms. The van der Waals surface area contributed by atoms with Gasteiger partial charge in [-0.2, -0.15) is 15.0 Å². The quantitative estimate of drug-likeness (QED) is 0.789. The average Bonchev–Trinajstić information content (AvgIpc) is 2.47. The topological polar surface area (TPSA) is 57.2 Å². The highest BCUT2D eigenvalue weighted by atomic mass is 15.4. The molecule has 1 rings (SSSR count). The number of nitrogens with one attached hydrogen (secondary N) is 1. The normalized spacial score (nSPS) is 12.1. The Labute approximate surface area is 122 Å². The summed E-state index contributed by atoms with van der Waals surface area (Å²) in [5, 5.41) is 3.02. The smallest absolute Gasteiger partial charge is 0.231 e. The molecular formula is C14H28N6. The summed E-state index contributed by atoms with van der Waals surface area (Å²) < 4.78 is 0. The second-order valence-corrected chi connectivity index (χ2v) is 4.93. The molecule has 0 saturated carbocycles. The second-order valence-electron chi connectivity index (χ2n) is 4.93. The first-order valence-corrected chi connectivity index (χ1v) is 7.48. The standard InChI is InChI=1S/C14H28N6/c1-7-10-11(4)19(6)13-16-12(15-5)17-14(18-13)20(8-2)9-3/h11H,7-10H2,1-6H3,(H,15,16,17,18). The van der Waals surface area contributed by atoms with Crippen LogP contribution in [0.25, 0.3) is 0 Å². The van der Waals surface area contributed by atoms with Crippen molar-refractivity contribution in [2.75, 3.05) is 42.3 Å². The van der Waals surface area contributed by atoms with Crippen molar-refractivity contribution in [3.63, 3.8) is 0 Å². The number of aromatic nitrogens is 3. The average molecular weight is 280 g/mol. The molecule has 1 unspecified atom stereocenters. The molecular weight excluding hydrogens is 252 g/mol. The molecule has 114 valence electrons. The molecule has 20 heavy (non-hydrogen) atoms. The Morgan fingerprint density at radius 2 is 1.65 bits per heavy atom. The van der Waals surface area contributed by atoms with Gasteiger partial charge < -0.3 is 15.1 Å². The monoisotopic (exact) mass is 280 g/mol. The van der Waals surface area contributed by atoms with Gasteiger partial charge >= 0.3 is 0 Å². The van der Waals surface area contributed by atoms with Gasteiger partial charge in [-0.25, -0.2) is 0 Å². The van der Waals surface area contributed by atoms with Gasteiger partial charge in [0.2, 0.25) is 17.8 Å². The van der Waals surface area contributed by atoms with Crippen LogP contribution in [0.4, 0.5) is 17.8 Å². The van der Waals surface area contributed by atoms with Gasteiger partial charge in [0, 0.05) is 33.2 Å². The zero-order valence-corrected chi connectivity index (χ0v) is 13.6. The Hall–Kier alpha value is -1.59. The Balaban J connectivity index is 3.09. The summed E-state index contributed by atoms with van der Waals surface area (Å²) in [5.74, 6) is 2.08. The maximum atomic E-state index is 4.62. The van der Waals surface area contributed by atoms with E-state index in [1.807, 2.05) is 14.1 Å². The fraction of sp³-hybridized carbons (Fsp3) is 0.786. The molecule has 0 aliphatic rings. The minimum absolute atomic E-state index is 0.414. The minimum Gasteiger partial charge on any atom is -0.357 e. The van der Waals surface area contributed by atoms with E-state index in [1.54, 1.807) is 0 Å². The summed E-state index contributed by atoms with van der Waals surface area (Å²) in [6.45, 7) is 10.4. The third-order valence-electron chi connectivity index (χ3n) is 3.56. The van der Waals surface area contributed by atoms with Crippen LogP contribution in [0, 0.1) is 0 Å². The highest BCUT2D eigenvalue weighted by molar-refractivity contribution is 5.45. The molecule has 0 aliphatic heterocycles. The van der Waals surface area contributed by atoms with Crippen LogP contribution in [0.3, 0.4) is 0 Å². The molecule has 1 aromatic heterocycles. The van der Waals surface area contributed by atoms with E-state index in [2.05, 4.69) is 57.8 Å². The van der Waals surface area contributed by atoms with Crippen LogP contribution in [0.2, 0.25) is 0 Å². The van der Waals surface area contributed by atoms with Crippen molar-refractivity contribution < 1.29 is 0 Å². The molecule has 0 fully saturated rings. The van der Waals surface area contributed by atoms with Crippen molar-refractivity contribution in [1.29, 1.82) is 0 Å². The van der Waals surface area contributed by atoms with Crippen molar-refractivity contribution in [3.05, 3.63) is 0 Å². The van der Waals surface area contributed by atoms with E-state index in [4.69, 9.17) is 0 Å². The molecule has 6 nitrogen and oxygen atoms in total. The third-order valence-corrected chi connectivity index (χ3v) is 3.56.